The van der Waals surface area contributed by atoms with Crippen molar-refractivity contribution in [2.75, 3.05) is 12.4 Å². The Bertz CT molecular complexity index is 383. The normalized spacial score (nSPS) is 14.0. The summed E-state index contributed by atoms with van der Waals surface area (Å²) in [5.74, 6) is 0.374. The fourth-order valence-corrected chi connectivity index (χ4v) is 2.28. The van der Waals surface area contributed by atoms with Crippen molar-refractivity contribution in [2.45, 2.75) is 25.1 Å². The van der Waals surface area contributed by atoms with Crippen molar-refractivity contribution in [1.29, 1.82) is 0 Å². The fraction of sp³-hybridized carbons (Fsp3) is 0.462. The van der Waals surface area contributed by atoms with Gasteiger partial charge in [-0.1, -0.05) is 35.0 Å². The molecule has 2 N–H and O–H groups in total. The zero-order valence-corrected chi connectivity index (χ0v) is 12.9. The number of hydrogen-bond acceptors (Lipinski definition) is 3. The van der Waals surface area contributed by atoms with Gasteiger partial charge in [-0.25, -0.2) is 0 Å². The first-order valence-corrected chi connectivity index (χ1v) is 7.64. The summed E-state index contributed by atoms with van der Waals surface area (Å²) < 4.78 is 1.03. The van der Waals surface area contributed by atoms with E-state index in [9.17, 15) is 4.79 Å². The molecule has 1 rings (SSSR count). The Labute approximate surface area is 120 Å². The van der Waals surface area contributed by atoms with E-state index in [2.05, 4.69) is 21.2 Å². The molecule has 0 radical (unpaired) electrons. The van der Waals surface area contributed by atoms with E-state index in [0.29, 0.717) is 5.75 Å². The summed E-state index contributed by atoms with van der Waals surface area (Å²) in [5, 5.41) is 11.9. The van der Waals surface area contributed by atoms with Crippen LogP contribution in [0.25, 0.3) is 0 Å². The summed E-state index contributed by atoms with van der Waals surface area (Å²) in [5.41, 5.74) is 1.08. The predicted octanol–water partition coefficient (Wildman–Crippen LogP) is 2.74. The van der Waals surface area contributed by atoms with Gasteiger partial charge in [-0.3, -0.25) is 4.79 Å². The molecular weight excluding hydrogens is 314 g/mol. The highest BCUT2D eigenvalue weighted by Gasteiger charge is 2.10. The molecule has 0 aromatic heterocycles. The number of nitrogens with one attached hydrogen (secondary N) is 1. The largest absolute Gasteiger partial charge is 0.395 e. The minimum Gasteiger partial charge on any atom is -0.395 e. The summed E-state index contributed by atoms with van der Waals surface area (Å²) in [6.45, 7) is 3.96. The Kier molecular flexibility index (Phi) is 6.75. The Balaban J connectivity index is 2.42. The molecule has 1 aromatic rings. The Morgan fingerprint density at radius 1 is 1.39 bits per heavy atom. The van der Waals surface area contributed by atoms with E-state index in [1.54, 1.807) is 0 Å². The molecule has 0 saturated carbocycles. The SMILES string of the molecule is CC(CO)SCC(=O)NC(C)c1ccc(Br)cc1. The van der Waals surface area contributed by atoms with E-state index in [0.717, 1.165) is 10.0 Å². The van der Waals surface area contributed by atoms with Crippen molar-refractivity contribution < 1.29 is 9.90 Å². The van der Waals surface area contributed by atoms with Crippen molar-refractivity contribution in [3.63, 3.8) is 0 Å². The van der Waals surface area contributed by atoms with Gasteiger partial charge >= 0.3 is 0 Å². The minimum atomic E-state index is -0.00404. The number of amides is 1. The van der Waals surface area contributed by atoms with Crippen molar-refractivity contribution in [3.05, 3.63) is 34.3 Å². The number of rotatable bonds is 6. The van der Waals surface area contributed by atoms with Crippen LogP contribution in [0, 0.1) is 0 Å². The topological polar surface area (TPSA) is 49.3 Å². The molecule has 5 heteroatoms. The van der Waals surface area contributed by atoms with Crippen LogP contribution >= 0.6 is 27.7 Å². The number of aliphatic hydroxyl groups is 1. The molecule has 3 nitrogen and oxygen atoms in total. The van der Waals surface area contributed by atoms with Crippen LogP contribution < -0.4 is 5.32 Å². The van der Waals surface area contributed by atoms with Crippen LogP contribution in [0.15, 0.2) is 28.7 Å². The van der Waals surface area contributed by atoms with Gasteiger partial charge in [0.2, 0.25) is 5.91 Å². The maximum absolute atomic E-state index is 11.7. The van der Waals surface area contributed by atoms with Crippen molar-refractivity contribution in [2.24, 2.45) is 0 Å². The molecule has 0 spiro atoms. The molecule has 0 heterocycles. The minimum absolute atomic E-state index is 0.00396. The second kappa shape index (κ2) is 7.81. The second-order valence-corrected chi connectivity index (χ2v) is 6.49. The van der Waals surface area contributed by atoms with Crippen LogP contribution in [0.2, 0.25) is 0 Å². The van der Waals surface area contributed by atoms with Gasteiger partial charge in [-0.2, -0.15) is 0 Å². The summed E-state index contributed by atoms with van der Waals surface area (Å²) in [6, 6.07) is 7.88. The van der Waals surface area contributed by atoms with Gasteiger partial charge in [-0.05, 0) is 24.6 Å². The maximum Gasteiger partial charge on any atom is 0.230 e. The Morgan fingerprint density at radius 2 is 2.00 bits per heavy atom. The van der Waals surface area contributed by atoms with Crippen molar-refractivity contribution in [1.82, 2.24) is 5.32 Å². The van der Waals surface area contributed by atoms with Crippen LogP contribution in [0.5, 0.6) is 0 Å². The quantitative estimate of drug-likeness (QED) is 0.842. The standard InChI is InChI=1S/C13H18BrNO2S/c1-9(7-16)18-8-13(17)15-10(2)11-3-5-12(14)6-4-11/h3-6,9-10,16H,7-8H2,1-2H3,(H,15,17). The van der Waals surface area contributed by atoms with Crippen molar-refractivity contribution in [3.8, 4) is 0 Å². The molecule has 0 aliphatic carbocycles. The third kappa shape index (κ3) is 5.42. The average Bonchev–Trinajstić information content (AvgIpc) is 2.36. The average molecular weight is 332 g/mol. The highest BCUT2D eigenvalue weighted by molar-refractivity contribution is 9.10. The molecule has 0 aliphatic heterocycles. The molecule has 2 unspecified atom stereocenters. The van der Waals surface area contributed by atoms with Gasteiger partial charge in [0.05, 0.1) is 18.4 Å². The number of benzene rings is 1. The van der Waals surface area contributed by atoms with E-state index in [1.807, 2.05) is 38.1 Å². The van der Waals surface area contributed by atoms with Gasteiger partial charge in [0.1, 0.15) is 0 Å². The number of carbonyl (C=O) groups is 1. The third-order valence-electron chi connectivity index (χ3n) is 2.50. The fourth-order valence-electron chi connectivity index (χ4n) is 1.39. The molecule has 0 aliphatic rings. The first-order valence-electron chi connectivity index (χ1n) is 5.80. The lowest BCUT2D eigenvalue weighted by Gasteiger charge is -2.15. The molecular formula is C13H18BrNO2S. The van der Waals surface area contributed by atoms with Crippen LogP contribution in [0.1, 0.15) is 25.5 Å². The van der Waals surface area contributed by atoms with Gasteiger partial charge in [0.25, 0.3) is 0 Å². The number of aliphatic hydroxyl groups excluding tert-OH is 1. The lowest BCUT2D eigenvalue weighted by Crippen LogP contribution is -2.28. The summed E-state index contributed by atoms with van der Waals surface area (Å²) in [4.78, 5) is 11.7. The third-order valence-corrected chi connectivity index (χ3v) is 4.18. The number of halogens is 1. The molecule has 100 valence electrons. The lowest BCUT2D eigenvalue weighted by atomic mass is 10.1. The first-order chi connectivity index (χ1) is 8.52. The number of thioether (sulfide) groups is 1. The monoisotopic (exact) mass is 331 g/mol. The summed E-state index contributed by atoms with van der Waals surface area (Å²) in [7, 11) is 0. The van der Waals surface area contributed by atoms with Crippen LogP contribution in [0.3, 0.4) is 0 Å². The molecule has 1 amide bonds. The summed E-state index contributed by atoms with van der Waals surface area (Å²) in [6.07, 6.45) is 0. The Morgan fingerprint density at radius 3 is 2.56 bits per heavy atom. The molecule has 0 fully saturated rings. The van der Waals surface area contributed by atoms with Crippen LogP contribution in [-0.2, 0) is 4.79 Å². The number of hydrogen-bond donors (Lipinski definition) is 2. The van der Waals surface area contributed by atoms with Crippen LogP contribution in [-0.4, -0.2) is 28.6 Å². The van der Waals surface area contributed by atoms with Crippen LogP contribution in [0.4, 0.5) is 0 Å². The van der Waals surface area contributed by atoms with E-state index < -0.39 is 0 Å². The van der Waals surface area contributed by atoms with Gasteiger partial charge in [-0.15, -0.1) is 11.8 Å². The van der Waals surface area contributed by atoms with Crippen molar-refractivity contribution >= 4 is 33.6 Å². The highest BCUT2D eigenvalue weighted by atomic mass is 79.9. The van der Waals surface area contributed by atoms with E-state index in [4.69, 9.17) is 5.11 Å². The van der Waals surface area contributed by atoms with Gasteiger partial charge in [0.15, 0.2) is 0 Å². The first kappa shape index (κ1) is 15.5. The zero-order chi connectivity index (χ0) is 13.5. The predicted molar refractivity (Wildman–Crippen MR) is 79.7 cm³/mol. The molecule has 0 saturated heterocycles. The number of carbonyl (C=O) groups excluding carboxylic acids is 1. The van der Waals surface area contributed by atoms with E-state index in [1.165, 1.54) is 11.8 Å². The molecule has 18 heavy (non-hydrogen) atoms. The summed E-state index contributed by atoms with van der Waals surface area (Å²) >= 11 is 4.83. The Hall–Kier alpha value is -0.520. The second-order valence-electron chi connectivity index (χ2n) is 4.14. The molecule has 0 bridgehead atoms. The maximum atomic E-state index is 11.7. The highest BCUT2D eigenvalue weighted by Crippen LogP contribution is 2.17. The zero-order valence-electron chi connectivity index (χ0n) is 10.5. The smallest absolute Gasteiger partial charge is 0.230 e. The van der Waals surface area contributed by atoms with Gasteiger partial charge in [0, 0.05) is 9.72 Å². The van der Waals surface area contributed by atoms with E-state index in [-0.39, 0.29) is 23.8 Å². The lowest BCUT2D eigenvalue weighted by molar-refractivity contribution is -0.119. The van der Waals surface area contributed by atoms with E-state index >= 15 is 0 Å². The van der Waals surface area contributed by atoms with Gasteiger partial charge < -0.3 is 10.4 Å². The molecule has 2 atom stereocenters. The molecule has 1 aromatic carbocycles.